The van der Waals surface area contributed by atoms with Crippen LogP contribution in [-0.4, -0.2) is 16.7 Å². The monoisotopic (exact) mass is 371 g/mol. The van der Waals surface area contributed by atoms with Crippen molar-refractivity contribution in [1.82, 2.24) is 0 Å². The number of carbonyl (C=O) groups excluding carboxylic acids is 2. The Hall–Kier alpha value is -3.19. The molecule has 132 valence electrons. The Kier molecular flexibility index (Phi) is 4.48. The summed E-state index contributed by atoms with van der Waals surface area (Å²) in [6.45, 7) is 3.88. The fraction of sp³-hybridized carbons (Fsp3) is 0.111. The first-order valence-corrected chi connectivity index (χ1v) is 8.04. The third-order valence-corrected chi connectivity index (χ3v) is 4.45. The third kappa shape index (κ3) is 3.04. The first-order chi connectivity index (χ1) is 12.3. The highest BCUT2D eigenvalue weighted by atomic mass is 35.5. The van der Waals surface area contributed by atoms with Gasteiger partial charge in [-0.25, -0.2) is 4.90 Å². The first kappa shape index (κ1) is 17.6. The summed E-state index contributed by atoms with van der Waals surface area (Å²) in [5.41, 5.74) is 2.51. The summed E-state index contributed by atoms with van der Waals surface area (Å²) < 4.78 is 0. The average Bonchev–Trinajstić information content (AvgIpc) is 2.81. The van der Waals surface area contributed by atoms with Crippen LogP contribution in [0.2, 0.25) is 0 Å². The highest BCUT2D eigenvalue weighted by Gasteiger charge is 2.39. The van der Waals surface area contributed by atoms with Crippen molar-refractivity contribution in [3.63, 3.8) is 0 Å². The van der Waals surface area contributed by atoms with E-state index in [1.54, 1.807) is 6.07 Å². The van der Waals surface area contributed by atoms with Crippen LogP contribution in [0, 0.1) is 24.0 Å². The van der Waals surface area contributed by atoms with E-state index in [4.69, 9.17) is 11.6 Å². The Morgan fingerprint density at radius 1 is 1.04 bits per heavy atom. The summed E-state index contributed by atoms with van der Waals surface area (Å²) >= 11 is 6.06. The molecule has 26 heavy (non-hydrogen) atoms. The van der Waals surface area contributed by atoms with E-state index in [1.165, 1.54) is 18.2 Å². The maximum atomic E-state index is 12.7. The van der Waals surface area contributed by atoms with E-state index >= 15 is 0 Å². The summed E-state index contributed by atoms with van der Waals surface area (Å²) in [5, 5.41) is 13.5. The van der Waals surface area contributed by atoms with Gasteiger partial charge < -0.3 is 5.32 Å². The molecule has 1 aliphatic heterocycles. The molecule has 0 saturated carbocycles. The topological polar surface area (TPSA) is 92.6 Å². The molecule has 0 fully saturated rings. The lowest BCUT2D eigenvalue weighted by molar-refractivity contribution is -0.384. The zero-order valence-corrected chi connectivity index (χ0v) is 14.7. The van der Waals surface area contributed by atoms with E-state index in [-0.39, 0.29) is 22.1 Å². The van der Waals surface area contributed by atoms with Crippen LogP contribution in [0.5, 0.6) is 0 Å². The third-order valence-electron chi connectivity index (χ3n) is 4.10. The van der Waals surface area contributed by atoms with E-state index in [0.717, 1.165) is 22.1 Å². The number of imide groups is 1. The number of aryl methyl sites for hydroxylation is 2. The van der Waals surface area contributed by atoms with Gasteiger partial charge in [0.25, 0.3) is 17.5 Å². The first-order valence-electron chi connectivity index (χ1n) is 7.67. The number of hydrogen-bond donors (Lipinski definition) is 1. The van der Waals surface area contributed by atoms with Crippen molar-refractivity contribution in [3.05, 3.63) is 74.4 Å². The van der Waals surface area contributed by atoms with Gasteiger partial charge in [0.15, 0.2) is 0 Å². The minimum absolute atomic E-state index is 0.0635. The molecule has 2 amide bonds. The Bertz CT molecular complexity index is 984. The SMILES string of the molecule is Cc1ccc(NC2=C(Cl)C(=O)N(c3cccc([N+](=O)[O-])c3)C2=O)cc1C. The number of halogens is 1. The lowest BCUT2D eigenvalue weighted by atomic mass is 10.1. The van der Waals surface area contributed by atoms with Crippen LogP contribution in [0.3, 0.4) is 0 Å². The van der Waals surface area contributed by atoms with E-state index in [0.29, 0.717) is 5.69 Å². The summed E-state index contributed by atoms with van der Waals surface area (Å²) in [6, 6.07) is 10.7. The van der Waals surface area contributed by atoms with Gasteiger partial charge in [-0.15, -0.1) is 0 Å². The normalized spacial score (nSPS) is 14.2. The predicted molar refractivity (Wildman–Crippen MR) is 98.0 cm³/mol. The summed E-state index contributed by atoms with van der Waals surface area (Å²) in [4.78, 5) is 36.3. The fourth-order valence-electron chi connectivity index (χ4n) is 2.56. The molecule has 1 aliphatic rings. The molecule has 0 spiro atoms. The van der Waals surface area contributed by atoms with Gasteiger partial charge in [0.1, 0.15) is 10.7 Å². The van der Waals surface area contributed by atoms with Crippen LogP contribution < -0.4 is 10.2 Å². The number of non-ortho nitro benzene ring substituents is 1. The fourth-order valence-corrected chi connectivity index (χ4v) is 2.77. The Morgan fingerprint density at radius 3 is 2.42 bits per heavy atom. The molecular formula is C18H14ClN3O4. The zero-order valence-electron chi connectivity index (χ0n) is 13.9. The molecular weight excluding hydrogens is 358 g/mol. The molecule has 3 rings (SSSR count). The molecule has 1 N–H and O–H groups in total. The number of nitro benzene ring substituents is 1. The van der Waals surface area contributed by atoms with Gasteiger partial charge in [0, 0.05) is 17.8 Å². The van der Waals surface area contributed by atoms with E-state index in [9.17, 15) is 19.7 Å². The molecule has 2 aromatic rings. The summed E-state index contributed by atoms with van der Waals surface area (Å²) in [6.07, 6.45) is 0. The van der Waals surface area contributed by atoms with Gasteiger partial charge in [0.05, 0.1) is 10.6 Å². The minimum atomic E-state index is -0.733. The number of rotatable bonds is 4. The number of nitro groups is 1. The van der Waals surface area contributed by atoms with Crippen molar-refractivity contribution >= 4 is 40.5 Å². The van der Waals surface area contributed by atoms with Crippen molar-refractivity contribution in [2.45, 2.75) is 13.8 Å². The Balaban J connectivity index is 1.93. The molecule has 7 nitrogen and oxygen atoms in total. The number of carbonyl (C=O) groups is 2. The highest BCUT2D eigenvalue weighted by molar-refractivity contribution is 6.53. The zero-order chi connectivity index (χ0) is 19.0. The maximum absolute atomic E-state index is 12.7. The Morgan fingerprint density at radius 2 is 1.77 bits per heavy atom. The largest absolute Gasteiger partial charge is 0.350 e. The van der Waals surface area contributed by atoms with Crippen molar-refractivity contribution in [3.8, 4) is 0 Å². The summed E-state index contributed by atoms with van der Waals surface area (Å²) in [5.74, 6) is -1.40. The molecule has 0 saturated heterocycles. The van der Waals surface area contributed by atoms with Gasteiger partial charge in [-0.05, 0) is 43.2 Å². The van der Waals surface area contributed by atoms with Crippen molar-refractivity contribution in [1.29, 1.82) is 0 Å². The molecule has 0 atom stereocenters. The standard InChI is InChI=1S/C18H14ClN3O4/c1-10-6-7-12(8-11(10)2)20-16-15(19)17(23)21(18(16)24)13-4-3-5-14(9-13)22(25)26/h3-9,20H,1-2H3. The van der Waals surface area contributed by atoms with Crippen LogP contribution >= 0.6 is 11.6 Å². The summed E-state index contributed by atoms with van der Waals surface area (Å²) in [7, 11) is 0. The molecule has 2 aromatic carbocycles. The number of amides is 2. The maximum Gasteiger partial charge on any atom is 0.283 e. The molecule has 0 radical (unpaired) electrons. The number of nitrogens with zero attached hydrogens (tertiary/aromatic N) is 2. The van der Waals surface area contributed by atoms with Gasteiger partial charge in [-0.2, -0.15) is 0 Å². The molecule has 1 heterocycles. The van der Waals surface area contributed by atoms with Crippen molar-refractivity contribution < 1.29 is 14.5 Å². The lowest BCUT2D eigenvalue weighted by Gasteiger charge is -2.15. The molecule has 0 unspecified atom stereocenters. The van der Waals surface area contributed by atoms with Crippen LogP contribution in [0.15, 0.2) is 53.2 Å². The lowest BCUT2D eigenvalue weighted by Crippen LogP contribution is -2.32. The van der Waals surface area contributed by atoms with Crippen LogP contribution in [0.4, 0.5) is 17.1 Å². The minimum Gasteiger partial charge on any atom is -0.350 e. The highest BCUT2D eigenvalue weighted by Crippen LogP contribution is 2.31. The van der Waals surface area contributed by atoms with Crippen LogP contribution in [0.25, 0.3) is 0 Å². The quantitative estimate of drug-likeness (QED) is 0.503. The molecule has 0 aliphatic carbocycles. The number of nitrogens with one attached hydrogen (secondary N) is 1. The van der Waals surface area contributed by atoms with Crippen LogP contribution in [-0.2, 0) is 9.59 Å². The smallest absolute Gasteiger partial charge is 0.283 e. The second-order valence-electron chi connectivity index (χ2n) is 5.84. The van der Waals surface area contributed by atoms with E-state index < -0.39 is 16.7 Å². The van der Waals surface area contributed by atoms with E-state index in [2.05, 4.69) is 5.32 Å². The van der Waals surface area contributed by atoms with Crippen molar-refractivity contribution in [2.24, 2.45) is 0 Å². The second kappa shape index (κ2) is 6.61. The van der Waals surface area contributed by atoms with Gasteiger partial charge in [-0.1, -0.05) is 23.7 Å². The van der Waals surface area contributed by atoms with Crippen molar-refractivity contribution in [2.75, 3.05) is 10.2 Å². The Labute approximate surface area is 154 Å². The molecule has 0 bridgehead atoms. The van der Waals surface area contributed by atoms with Gasteiger partial charge in [0.2, 0.25) is 0 Å². The number of hydrogen-bond acceptors (Lipinski definition) is 5. The average molecular weight is 372 g/mol. The van der Waals surface area contributed by atoms with Gasteiger partial charge in [-0.3, -0.25) is 19.7 Å². The van der Waals surface area contributed by atoms with Gasteiger partial charge >= 0.3 is 0 Å². The molecule has 0 aromatic heterocycles. The number of anilines is 2. The second-order valence-corrected chi connectivity index (χ2v) is 6.21. The number of benzene rings is 2. The van der Waals surface area contributed by atoms with Crippen LogP contribution in [0.1, 0.15) is 11.1 Å². The van der Waals surface area contributed by atoms with E-state index in [1.807, 2.05) is 26.0 Å². The molecule has 8 heteroatoms. The predicted octanol–water partition coefficient (Wildman–Crippen LogP) is 3.65.